The van der Waals surface area contributed by atoms with Crippen LogP contribution in [0.5, 0.6) is 0 Å². The fraction of sp³-hybridized carbons (Fsp3) is 1.00. The Labute approximate surface area is 144 Å². The minimum absolute atomic E-state index is 0.727. The van der Waals surface area contributed by atoms with E-state index in [9.17, 15) is 0 Å². The lowest BCUT2D eigenvalue weighted by atomic mass is 10.1. The molecule has 134 valence electrons. The molecule has 0 rings (SSSR count). The van der Waals surface area contributed by atoms with Crippen LogP contribution in [0.2, 0.25) is 0 Å². The third-order valence-electron chi connectivity index (χ3n) is 2.30. The molecule has 4 heteroatoms. The SMILES string of the molecule is CC.CC.CC.CCCCC(CC)NCCSSCCN. The number of hydrogen-bond acceptors (Lipinski definition) is 4. The van der Waals surface area contributed by atoms with Gasteiger partial charge in [-0.15, -0.1) is 0 Å². The van der Waals surface area contributed by atoms with E-state index in [1.807, 2.05) is 63.1 Å². The maximum Gasteiger partial charge on any atom is 0.0162 e. The van der Waals surface area contributed by atoms with Crippen LogP contribution in [0.4, 0.5) is 0 Å². The quantitative estimate of drug-likeness (QED) is 0.359. The van der Waals surface area contributed by atoms with E-state index in [1.165, 1.54) is 31.4 Å². The molecule has 0 aromatic carbocycles. The first-order valence-electron chi connectivity index (χ1n) is 9.03. The van der Waals surface area contributed by atoms with E-state index in [0.29, 0.717) is 0 Å². The minimum Gasteiger partial charge on any atom is -0.330 e. The molecule has 0 saturated carbocycles. The lowest BCUT2D eigenvalue weighted by molar-refractivity contribution is 0.466. The molecule has 0 heterocycles. The van der Waals surface area contributed by atoms with Gasteiger partial charge in [-0.2, -0.15) is 0 Å². The highest BCUT2D eigenvalue weighted by Crippen LogP contribution is 2.19. The first-order chi connectivity index (χ1) is 10.3. The zero-order valence-corrected chi connectivity index (χ0v) is 17.8. The van der Waals surface area contributed by atoms with Gasteiger partial charge in [0.05, 0.1) is 0 Å². The fourth-order valence-corrected chi connectivity index (χ4v) is 3.15. The molecule has 1 unspecified atom stereocenters. The monoisotopic (exact) mass is 340 g/mol. The average molecular weight is 341 g/mol. The van der Waals surface area contributed by atoms with Crippen molar-refractivity contribution >= 4 is 21.6 Å². The van der Waals surface area contributed by atoms with Crippen molar-refractivity contribution in [1.29, 1.82) is 0 Å². The molecule has 1 atom stereocenters. The number of nitrogens with two attached hydrogens (primary N) is 1. The molecule has 0 spiro atoms. The number of hydrogen-bond donors (Lipinski definition) is 2. The predicted molar refractivity (Wildman–Crippen MR) is 110 cm³/mol. The van der Waals surface area contributed by atoms with Gasteiger partial charge in [-0.1, -0.05) is 89.8 Å². The van der Waals surface area contributed by atoms with E-state index in [2.05, 4.69) is 19.2 Å². The Morgan fingerprint density at radius 3 is 1.86 bits per heavy atom. The third kappa shape index (κ3) is 33.4. The Hall–Kier alpha value is 0.620. The van der Waals surface area contributed by atoms with Crippen LogP contribution in [0.25, 0.3) is 0 Å². The van der Waals surface area contributed by atoms with Crippen LogP contribution in [-0.2, 0) is 0 Å². The van der Waals surface area contributed by atoms with Crippen molar-refractivity contribution in [3.8, 4) is 0 Å². The molecular weight excluding hydrogens is 296 g/mol. The highest BCUT2D eigenvalue weighted by atomic mass is 33.1. The Kier molecular flexibility index (Phi) is 52.4. The maximum atomic E-state index is 5.42. The number of rotatable bonds is 11. The Morgan fingerprint density at radius 2 is 1.43 bits per heavy atom. The molecule has 21 heavy (non-hydrogen) atoms. The second-order valence-corrected chi connectivity index (χ2v) is 6.34. The summed E-state index contributed by atoms with van der Waals surface area (Å²) in [5, 5.41) is 3.62. The second kappa shape index (κ2) is 37.1. The lowest BCUT2D eigenvalue weighted by Crippen LogP contribution is -2.30. The molecular formula is C17H44N2S2. The third-order valence-corrected chi connectivity index (χ3v) is 4.74. The van der Waals surface area contributed by atoms with E-state index >= 15 is 0 Å². The fourth-order valence-electron chi connectivity index (χ4n) is 1.37. The highest BCUT2D eigenvalue weighted by molar-refractivity contribution is 8.76. The zero-order chi connectivity index (χ0) is 17.4. The molecule has 0 aromatic heterocycles. The summed E-state index contributed by atoms with van der Waals surface area (Å²) in [6.45, 7) is 18.4. The van der Waals surface area contributed by atoms with E-state index in [1.54, 1.807) is 0 Å². The highest BCUT2D eigenvalue weighted by Gasteiger charge is 2.03. The largest absolute Gasteiger partial charge is 0.330 e. The lowest BCUT2D eigenvalue weighted by Gasteiger charge is -2.16. The molecule has 0 aromatic rings. The van der Waals surface area contributed by atoms with Crippen LogP contribution in [0, 0.1) is 0 Å². The Balaban J connectivity index is -0.000000212. The topological polar surface area (TPSA) is 38.0 Å². The molecule has 0 aliphatic carbocycles. The van der Waals surface area contributed by atoms with E-state index < -0.39 is 0 Å². The van der Waals surface area contributed by atoms with Crippen molar-refractivity contribution < 1.29 is 0 Å². The molecule has 0 aliphatic rings. The number of unbranched alkanes of at least 4 members (excludes halogenated alkanes) is 1. The van der Waals surface area contributed by atoms with Crippen LogP contribution < -0.4 is 11.1 Å². The maximum absolute atomic E-state index is 5.42. The first-order valence-corrected chi connectivity index (χ1v) is 11.5. The van der Waals surface area contributed by atoms with E-state index in [4.69, 9.17) is 5.73 Å². The summed E-state index contributed by atoms with van der Waals surface area (Å²) in [4.78, 5) is 0. The summed E-state index contributed by atoms with van der Waals surface area (Å²) < 4.78 is 0. The Morgan fingerprint density at radius 1 is 0.905 bits per heavy atom. The summed E-state index contributed by atoms with van der Waals surface area (Å²) >= 11 is 0. The minimum atomic E-state index is 0.727. The molecule has 0 bridgehead atoms. The smallest absolute Gasteiger partial charge is 0.0162 e. The van der Waals surface area contributed by atoms with Crippen LogP contribution in [-0.4, -0.2) is 30.6 Å². The normalized spacial score (nSPS) is 10.1. The van der Waals surface area contributed by atoms with Crippen LogP contribution in [0.1, 0.15) is 81.1 Å². The van der Waals surface area contributed by atoms with Crippen LogP contribution in [0.3, 0.4) is 0 Å². The molecule has 3 N–H and O–H groups in total. The summed E-state index contributed by atoms with van der Waals surface area (Å²) in [6.07, 6.45) is 5.23. The second-order valence-electron chi connectivity index (χ2n) is 3.63. The molecule has 0 fully saturated rings. The number of nitrogens with one attached hydrogen (secondary N) is 1. The Bertz CT molecular complexity index is 125. The van der Waals surface area contributed by atoms with Gasteiger partial charge in [0, 0.05) is 30.6 Å². The molecule has 2 nitrogen and oxygen atoms in total. The van der Waals surface area contributed by atoms with Gasteiger partial charge in [0.25, 0.3) is 0 Å². The summed E-state index contributed by atoms with van der Waals surface area (Å²) in [5.74, 6) is 2.25. The van der Waals surface area contributed by atoms with Gasteiger partial charge in [-0.3, -0.25) is 0 Å². The van der Waals surface area contributed by atoms with E-state index in [0.717, 1.165) is 24.9 Å². The molecule has 0 amide bonds. The van der Waals surface area contributed by atoms with Crippen molar-refractivity contribution in [2.75, 3.05) is 24.6 Å². The standard InChI is InChI=1S/C11H26N2S2.3C2H6/c1-3-5-6-11(4-2)13-8-10-15-14-9-7-12;3*1-2/h11,13H,3-10,12H2,1-2H3;3*1-2H3. The van der Waals surface area contributed by atoms with Gasteiger partial charge < -0.3 is 11.1 Å². The van der Waals surface area contributed by atoms with Gasteiger partial charge in [0.1, 0.15) is 0 Å². The van der Waals surface area contributed by atoms with Gasteiger partial charge >= 0.3 is 0 Å². The van der Waals surface area contributed by atoms with E-state index in [-0.39, 0.29) is 0 Å². The van der Waals surface area contributed by atoms with Gasteiger partial charge in [-0.25, -0.2) is 0 Å². The molecule has 0 saturated heterocycles. The van der Waals surface area contributed by atoms with Gasteiger partial charge in [-0.05, 0) is 12.8 Å². The van der Waals surface area contributed by atoms with Crippen molar-refractivity contribution in [3.63, 3.8) is 0 Å². The van der Waals surface area contributed by atoms with Crippen molar-refractivity contribution in [2.45, 2.75) is 87.1 Å². The van der Waals surface area contributed by atoms with Crippen LogP contribution in [0.15, 0.2) is 0 Å². The molecule has 0 radical (unpaired) electrons. The van der Waals surface area contributed by atoms with Gasteiger partial charge in [0.15, 0.2) is 0 Å². The average Bonchev–Trinajstić information content (AvgIpc) is 2.59. The first kappa shape index (κ1) is 29.6. The zero-order valence-electron chi connectivity index (χ0n) is 16.1. The van der Waals surface area contributed by atoms with Crippen molar-refractivity contribution in [3.05, 3.63) is 0 Å². The summed E-state index contributed by atoms with van der Waals surface area (Å²) in [7, 11) is 3.81. The van der Waals surface area contributed by atoms with Crippen molar-refractivity contribution in [2.24, 2.45) is 5.73 Å². The van der Waals surface area contributed by atoms with Crippen LogP contribution >= 0.6 is 21.6 Å². The summed E-state index contributed by atoms with van der Waals surface area (Å²) in [6, 6.07) is 0.727. The summed E-state index contributed by atoms with van der Waals surface area (Å²) in [5.41, 5.74) is 5.42. The van der Waals surface area contributed by atoms with Crippen molar-refractivity contribution in [1.82, 2.24) is 5.32 Å². The predicted octanol–water partition coefficient (Wildman–Crippen LogP) is 5.96. The molecule has 0 aliphatic heterocycles. The van der Waals surface area contributed by atoms with Gasteiger partial charge in [0.2, 0.25) is 0 Å².